The lowest BCUT2D eigenvalue weighted by Gasteiger charge is -2.21. The summed E-state index contributed by atoms with van der Waals surface area (Å²) in [6, 6.07) is 59.9. The summed E-state index contributed by atoms with van der Waals surface area (Å²) < 4.78 is 159. The molecule has 0 N–H and O–H groups in total. The first kappa shape index (κ1) is 51.0. The van der Waals surface area contributed by atoms with Gasteiger partial charge < -0.3 is 9.13 Å². The molecular weight excluding hydrogens is 1160 g/mol. The normalized spacial score (nSPS) is 12.8. The Balaban J connectivity index is 1.16. The average Bonchev–Trinajstić information content (AvgIpc) is 4.07. The smallest absolute Gasteiger partial charge is 0.309 e. The number of alkyl halides is 12. The van der Waals surface area contributed by atoms with Gasteiger partial charge in [0.15, 0.2) is 0 Å². The summed E-state index contributed by atoms with van der Waals surface area (Å²) in [7, 11) is 0. The summed E-state index contributed by atoms with van der Waals surface area (Å²) in [6.07, 6.45) is -14.3. The Morgan fingerprint density at radius 3 is 0.900 bits per heavy atom. The Morgan fingerprint density at radius 2 is 0.562 bits per heavy atom. The minimum absolute atomic E-state index is 0.0276. The van der Waals surface area contributed by atoms with Crippen molar-refractivity contribution in [2.75, 3.05) is 0 Å². The maximum atomic E-state index is 15.0. The number of fused-ring (bicyclic) bond motifs is 8. The van der Waals surface area contributed by atoms with Crippen LogP contribution in [0.1, 0.15) is 22.3 Å². The van der Waals surface area contributed by atoms with E-state index in [4.69, 9.17) is 0 Å². The van der Waals surface area contributed by atoms with Crippen LogP contribution in [-0.2, 0) is 22.5 Å². The highest BCUT2D eigenvalue weighted by Crippen LogP contribution is 2.49. The fourth-order valence-corrected chi connectivity index (χ4v) is 11.7. The molecule has 80 heavy (non-hydrogen) atoms. The maximum absolute atomic E-state index is 15.0. The summed E-state index contributed by atoms with van der Waals surface area (Å²) in [5.41, 5.74) is 5.34. The molecular formula is C66H36F11IN2. The monoisotopic (exact) mass is 1190 g/mol. The van der Waals surface area contributed by atoms with E-state index in [1.807, 2.05) is 140 Å². The van der Waals surface area contributed by atoms with E-state index in [2.05, 4.69) is 0 Å². The topological polar surface area (TPSA) is 9.86 Å². The van der Waals surface area contributed by atoms with Crippen molar-refractivity contribution < 1.29 is 48.3 Å². The molecule has 2 heterocycles. The number of rotatable bonds is 7. The minimum atomic E-state index is -4.79. The Kier molecular flexibility index (Phi) is 11.8. The zero-order valence-electron chi connectivity index (χ0n) is 41.2. The van der Waals surface area contributed by atoms with Crippen LogP contribution in [-0.4, -0.2) is 9.13 Å². The second kappa shape index (κ2) is 18.5. The molecule has 13 rings (SSSR count). The lowest BCUT2D eigenvalue weighted by molar-refractivity contribution is -0.138. The Morgan fingerprint density at radius 1 is 0.250 bits per heavy atom. The van der Waals surface area contributed by atoms with Gasteiger partial charge in [0.2, 0.25) is 0 Å². The van der Waals surface area contributed by atoms with Gasteiger partial charge in [0.25, 0.3) is 0 Å². The molecule has 0 atom stereocenters. The first-order valence-electron chi connectivity index (χ1n) is 25.0. The van der Waals surface area contributed by atoms with Crippen molar-refractivity contribution in [2.45, 2.75) is 22.5 Å². The average molecular weight is 1190 g/mol. The lowest BCUT2D eigenvalue weighted by Crippen LogP contribution is -2.04. The van der Waals surface area contributed by atoms with E-state index >= 15 is 0 Å². The number of halogens is 12. The molecule has 0 fully saturated rings. The molecule has 0 saturated carbocycles. The van der Waals surface area contributed by atoms with Crippen LogP contribution in [0, 0.1) is 0 Å². The van der Waals surface area contributed by atoms with E-state index in [1.54, 1.807) is 15.2 Å². The van der Waals surface area contributed by atoms with Crippen molar-refractivity contribution in [3.8, 4) is 55.9 Å². The Labute approximate surface area is 461 Å². The van der Waals surface area contributed by atoms with Crippen LogP contribution in [0.25, 0.3) is 121 Å². The molecule has 0 amide bonds. The van der Waals surface area contributed by atoms with E-state index in [0.29, 0.717) is 44.0 Å². The number of nitrogens with zero attached hydrogens (tertiary/aromatic N) is 2. The molecule has 2 aromatic heterocycles. The van der Waals surface area contributed by atoms with E-state index in [0.717, 1.165) is 103 Å². The highest BCUT2D eigenvalue weighted by atomic mass is 127. The van der Waals surface area contributed by atoms with Gasteiger partial charge in [-0.25, -0.2) is 0 Å². The molecule has 0 aliphatic heterocycles. The van der Waals surface area contributed by atoms with Gasteiger partial charge in [-0.1, -0.05) is 115 Å². The van der Waals surface area contributed by atoms with Gasteiger partial charge in [-0.3, -0.25) is 0 Å². The van der Waals surface area contributed by atoms with Crippen molar-refractivity contribution in [1.29, 1.82) is 0 Å². The van der Waals surface area contributed by atoms with Gasteiger partial charge in [0.05, 0.1) is 38.8 Å². The highest BCUT2D eigenvalue weighted by Gasteiger charge is 2.35. The fourth-order valence-electron chi connectivity index (χ4n) is 11.4. The van der Waals surface area contributed by atoms with E-state index in [9.17, 15) is 48.3 Å². The van der Waals surface area contributed by atoms with Crippen LogP contribution in [0.15, 0.2) is 218 Å². The molecule has 0 saturated heterocycles. The minimum Gasteiger partial charge on any atom is -0.309 e. The molecule has 11 aromatic carbocycles. The number of aromatic nitrogens is 2. The largest absolute Gasteiger partial charge is 0.416 e. The molecule has 0 spiro atoms. The van der Waals surface area contributed by atoms with Crippen LogP contribution < -0.4 is 0 Å². The van der Waals surface area contributed by atoms with Crippen LogP contribution in [0.3, 0.4) is 0 Å². The first-order valence-corrected chi connectivity index (χ1v) is 26.1. The van der Waals surface area contributed by atoms with E-state index in [1.165, 1.54) is 36.4 Å². The summed E-state index contributed by atoms with van der Waals surface area (Å²) in [6.45, 7) is 0. The first-order chi connectivity index (χ1) is 38.2. The molecule has 394 valence electrons. The number of hydrogen-bond acceptors (Lipinski definition) is 0. The zero-order chi connectivity index (χ0) is 55.6. The van der Waals surface area contributed by atoms with Crippen molar-refractivity contribution in [1.82, 2.24) is 9.13 Å². The number of hydrogen-bond donors (Lipinski definition) is 0. The fraction of sp³-hybridized carbons (Fsp3) is 0.0606. The molecule has 2 nitrogen and oxygen atoms in total. The van der Waals surface area contributed by atoms with Crippen LogP contribution in [0.4, 0.5) is 48.3 Å². The maximum Gasteiger partial charge on any atom is 0.416 e. The van der Waals surface area contributed by atoms with Gasteiger partial charge in [0.1, 0.15) is 0 Å². The predicted molar refractivity (Wildman–Crippen MR) is 305 cm³/mol. The molecule has 0 unspecified atom stereocenters. The second-order valence-corrected chi connectivity index (χ2v) is 21.0. The Bertz CT molecular complexity index is 4200. The SMILES string of the molecule is FC(F)(F)c1ccc2c(c1)c1cc(C(F)(F)F)ccc1n2-c1ccc2c(-c3cccc(-c4ccccc4)c3)c3cc(-n4c5ccc(C(F)(F)F)cc5c5cc(C(F)(F)I)ccc54)ccc3c(-c3cccc(-c4ccccc4)c3)c2c1. The van der Waals surface area contributed by atoms with Gasteiger partial charge in [-0.2, -0.15) is 48.3 Å². The molecule has 13 aromatic rings. The Hall–Kier alpha value is -8.50. The summed E-state index contributed by atoms with van der Waals surface area (Å²) in [5, 5.41) is 3.03. The van der Waals surface area contributed by atoms with Crippen molar-refractivity contribution in [2.24, 2.45) is 0 Å². The lowest BCUT2D eigenvalue weighted by atomic mass is 9.84. The van der Waals surface area contributed by atoms with E-state index in [-0.39, 0.29) is 38.1 Å². The van der Waals surface area contributed by atoms with Crippen molar-refractivity contribution in [3.63, 3.8) is 0 Å². The van der Waals surface area contributed by atoms with Crippen LogP contribution in [0.5, 0.6) is 0 Å². The van der Waals surface area contributed by atoms with Crippen molar-refractivity contribution in [3.05, 3.63) is 241 Å². The summed E-state index contributed by atoms with van der Waals surface area (Å²) in [5.74, 6) is 0. The third-order valence-electron chi connectivity index (χ3n) is 15.0. The molecule has 0 bridgehead atoms. The van der Waals surface area contributed by atoms with E-state index < -0.39 is 39.1 Å². The third kappa shape index (κ3) is 8.71. The van der Waals surface area contributed by atoms with Gasteiger partial charge in [0, 0.05) is 61.1 Å². The van der Waals surface area contributed by atoms with Crippen LogP contribution in [0.2, 0.25) is 0 Å². The summed E-state index contributed by atoms with van der Waals surface area (Å²) in [4.78, 5) is 0. The highest BCUT2D eigenvalue weighted by molar-refractivity contribution is 14.1. The van der Waals surface area contributed by atoms with Crippen molar-refractivity contribution >= 4 is 87.7 Å². The quantitative estimate of drug-likeness (QED) is 0.0651. The molecule has 14 heteroatoms. The third-order valence-corrected chi connectivity index (χ3v) is 15.6. The zero-order valence-corrected chi connectivity index (χ0v) is 43.4. The molecule has 0 aliphatic carbocycles. The molecule has 0 radical (unpaired) electrons. The number of benzene rings is 11. The predicted octanol–water partition coefficient (Wildman–Crippen LogP) is 21.4. The second-order valence-electron chi connectivity index (χ2n) is 19.7. The van der Waals surface area contributed by atoms with Gasteiger partial charge in [-0.15, -0.1) is 0 Å². The standard InChI is InChI=1S/C66H36F11IN2/c67-63(68,69)43-17-25-57-51(31-43)52-32-44(64(70,71)72)18-26-58(52)79(57)47-21-23-49-55(35-47)61(41-15-7-13-39(29-41)37-9-3-1-4-10-37)50-24-22-48(36-56(50)62(49)42-16-8-14-40(30-42)38-11-5-2-6-12-38)80-59-27-19-45(65(73,74)75)33-53(59)54-34-46(66(76,77)78)20-28-60(54)80/h1-36H. The van der Waals surface area contributed by atoms with Crippen LogP contribution >= 0.6 is 22.6 Å². The van der Waals surface area contributed by atoms with Gasteiger partial charge >= 0.3 is 22.5 Å². The molecule has 0 aliphatic rings. The summed E-state index contributed by atoms with van der Waals surface area (Å²) >= 11 is 1.00. The van der Waals surface area contributed by atoms with Gasteiger partial charge in [-0.05, 0) is 169 Å².